The van der Waals surface area contributed by atoms with Crippen LogP contribution in [0.25, 0.3) is 0 Å². The minimum Gasteiger partial charge on any atom is -0.340 e. The van der Waals surface area contributed by atoms with E-state index in [1.54, 1.807) is 18.5 Å². The molecule has 0 radical (unpaired) electrons. The molecule has 1 unspecified atom stereocenters. The second kappa shape index (κ2) is 9.70. The summed E-state index contributed by atoms with van der Waals surface area (Å²) in [7, 11) is 1.52. The lowest BCUT2D eigenvalue weighted by Gasteiger charge is -2.38. The van der Waals surface area contributed by atoms with Crippen molar-refractivity contribution in [1.82, 2.24) is 20.0 Å². The van der Waals surface area contributed by atoms with Crippen LogP contribution < -0.4 is 10.2 Å². The van der Waals surface area contributed by atoms with Gasteiger partial charge in [0.15, 0.2) is 5.69 Å². The summed E-state index contributed by atoms with van der Waals surface area (Å²) in [6, 6.07) is 4.34. The summed E-state index contributed by atoms with van der Waals surface area (Å²) < 4.78 is 41.6. The molecule has 2 saturated carbocycles. The number of halogens is 3. The van der Waals surface area contributed by atoms with Crippen LogP contribution in [0.2, 0.25) is 0 Å². The van der Waals surface area contributed by atoms with Crippen LogP contribution in [0, 0.1) is 17.2 Å². The van der Waals surface area contributed by atoms with E-state index in [-0.39, 0.29) is 35.7 Å². The number of benzene rings is 1. The SMILES string of the molecule is CCN1C(=O)[C@@H](NC(=O)c2cccc(C(F)(F)F)c2)[C@@H](C2CC2)c2c(C(=O)N(C)C(C)C#N)nn(C3CC3)c21. The Morgan fingerprint density at radius 1 is 1.26 bits per heavy atom. The largest absolute Gasteiger partial charge is 0.416 e. The Balaban J connectivity index is 1.59. The number of aromatic nitrogens is 2. The second-order valence-electron chi connectivity index (χ2n) is 10.5. The second-order valence-corrected chi connectivity index (χ2v) is 10.5. The Morgan fingerprint density at radius 3 is 2.51 bits per heavy atom. The van der Waals surface area contributed by atoms with Crippen molar-refractivity contribution < 1.29 is 27.6 Å². The molecule has 2 aliphatic carbocycles. The maximum Gasteiger partial charge on any atom is 0.416 e. The van der Waals surface area contributed by atoms with Crippen molar-refractivity contribution in [3.05, 3.63) is 46.6 Å². The van der Waals surface area contributed by atoms with Gasteiger partial charge in [0, 0.05) is 30.6 Å². The number of rotatable bonds is 7. The fourth-order valence-electron chi connectivity index (χ4n) is 5.25. The van der Waals surface area contributed by atoms with Gasteiger partial charge in [0.25, 0.3) is 17.7 Å². The molecule has 2 aromatic rings. The minimum atomic E-state index is -4.62. The highest BCUT2D eigenvalue weighted by atomic mass is 19.4. The van der Waals surface area contributed by atoms with Crippen molar-refractivity contribution >= 4 is 23.5 Å². The fraction of sp³-hybridized carbons (Fsp3) is 0.519. The highest BCUT2D eigenvalue weighted by molar-refractivity contribution is 6.07. The molecule has 2 fully saturated rings. The van der Waals surface area contributed by atoms with Crippen molar-refractivity contribution in [2.45, 2.75) is 69.8 Å². The maximum atomic E-state index is 13.9. The number of anilines is 1. The molecule has 5 rings (SSSR count). The molecular weight excluding hydrogens is 513 g/mol. The molecular formula is C27H29F3N6O3. The average Bonchev–Trinajstić information content (AvgIpc) is 3.85. The first-order valence-corrected chi connectivity index (χ1v) is 13.1. The van der Waals surface area contributed by atoms with E-state index in [1.165, 1.54) is 22.9 Å². The van der Waals surface area contributed by atoms with E-state index in [2.05, 4.69) is 10.4 Å². The first-order valence-electron chi connectivity index (χ1n) is 13.1. The molecule has 0 bridgehead atoms. The number of carbonyl (C=O) groups is 3. The normalized spacial score (nSPS) is 21.7. The Hall–Kier alpha value is -3.88. The molecule has 1 aliphatic heterocycles. The third-order valence-corrected chi connectivity index (χ3v) is 7.77. The number of nitriles is 1. The highest BCUT2D eigenvalue weighted by Crippen LogP contribution is 2.53. The van der Waals surface area contributed by atoms with Crippen LogP contribution in [0.5, 0.6) is 0 Å². The van der Waals surface area contributed by atoms with E-state index in [0.717, 1.165) is 43.9 Å². The summed E-state index contributed by atoms with van der Waals surface area (Å²) in [4.78, 5) is 43.5. The van der Waals surface area contributed by atoms with E-state index in [0.29, 0.717) is 11.4 Å². The van der Waals surface area contributed by atoms with Crippen molar-refractivity contribution in [2.24, 2.45) is 5.92 Å². The lowest BCUT2D eigenvalue weighted by molar-refractivity contribution is -0.137. The molecule has 0 spiro atoms. The zero-order chi connectivity index (χ0) is 28.2. The molecule has 206 valence electrons. The van der Waals surface area contributed by atoms with Gasteiger partial charge in [-0.1, -0.05) is 6.07 Å². The van der Waals surface area contributed by atoms with E-state index in [4.69, 9.17) is 0 Å². The molecule has 3 atom stereocenters. The summed E-state index contributed by atoms with van der Waals surface area (Å²) in [6.07, 6.45) is -1.39. The lowest BCUT2D eigenvalue weighted by atomic mass is 9.82. The van der Waals surface area contributed by atoms with E-state index < -0.39 is 41.6 Å². The molecule has 3 aliphatic rings. The van der Waals surface area contributed by atoms with Gasteiger partial charge < -0.3 is 10.2 Å². The van der Waals surface area contributed by atoms with Crippen molar-refractivity contribution in [3.63, 3.8) is 0 Å². The number of nitrogens with zero attached hydrogens (tertiary/aromatic N) is 5. The monoisotopic (exact) mass is 542 g/mol. The molecule has 1 N–H and O–H groups in total. The zero-order valence-electron chi connectivity index (χ0n) is 21.8. The van der Waals surface area contributed by atoms with Crippen molar-refractivity contribution in [1.29, 1.82) is 5.26 Å². The van der Waals surface area contributed by atoms with Crippen LogP contribution in [0.15, 0.2) is 24.3 Å². The van der Waals surface area contributed by atoms with E-state index in [1.807, 2.05) is 6.07 Å². The maximum absolute atomic E-state index is 13.9. The number of amides is 3. The smallest absolute Gasteiger partial charge is 0.340 e. The Bertz CT molecular complexity index is 1370. The van der Waals surface area contributed by atoms with Crippen LogP contribution in [-0.4, -0.2) is 58.1 Å². The third-order valence-electron chi connectivity index (χ3n) is 7.77. The quantitative estimate of drug-likeness (QED) is 0.571. The van der Waals surface area contributed by atoms with Crippen LogP contribution >= 0.6 is 0 Å². The predicted octanol–water partition coefficient (Wildman–Crippen LogP) is 3.88. The van der Waals surface area contributed by atoms with Gasteiger partial charge >= 0.3 is 6.18 Å². The summed E-state index contributed by atoms with van der Waals surface area (Å²) in [5.74, 6) is -1.71. The third kappa shape index (κ3) is 4.75. The first kappa shape index (κ1) is 26.7. The van der Waals surface area contributed by atoms with Crippen LogP contribution in [0.1, 0.15) is 83.5 Å². The number of likely N-dealkylation sites (N-methyl/N-ethyl adjacent to an activating group) is 1. The van der Waals surface area contributed by atoms with Crippen LogP contribution in [-0.2, 0) is 11.0 Å². The van der Waals surface area contributed by atoms with Gasteiger partial charge in [-0.3, -0.25) is 19.3 Å². The number of carbonyl (C=O) groups excluding carboxylic acids is 3. The van der Waals surface area contributed by atoms with Gasteiger partial charge in [0.1, 0.15) is 17.9 Å². The van der Waals surface area contributed by atoms with Gasteiger partial charge in [-0.05, 0) is 63.6 Å². The van der Waals surface area contributed by atoms with Gasteiger partial charge in [0.2, 0.25) is 0 Å². The van der Waals surface area contributed by atoms with Gasteiger partial charge in [-0.15, -0.1) is 0 Å². The molecule has 0 saturated heterocycles. The summed E-state index contributed by atoms with van der Waals surface area (Å²) >= 11 is 0. The molecule has 2 heterocycles. The van der Waals surface area contributed by atoms with E-state index >= 15 is 0 Å². The average molecular weight is 543 g/mol. The Morgan fingerprint density at radius 2 is 1.95 bits per heavy atom. The Labute approximate surface area is 223 Å². The number of alkyl halides is 3. The van der Waals surface area contributed by atoms with E-state index in [9.17, 15) is 32.8 Å². The molecule has 39 heavy (non-hydrogen) atoms. The van der Waals surface area contributed by atoms with Crippen LogP contribution in [0.3, 0.4) is 0 Å². The van der Waals surface area contributed by atoms with Gasteiger partial charge in [-0.25, -0.2) is 4.68 Å². The Kier molecular flexibility index (Phi) is 6.64. The van der Waals surface area contributed by atoms with Gasteiger partial charge in [-0.2, -0.15) is 23.5 Å². The standard InChI is InChI=1S/C27H29F3N6O3/c1-4-35-24-20(22(33-36(24)18-10-11-18)25(38)34(3)14(2)13-31)19(15-8-9-15)21(26(35)39)32-23(37)16-6-5-7-17(12-16)27(28,29)30/h5-7,12,14-15,18-19,21H,4,8-11H2,1-3H3,(H,32,37)/t14?,19-,21-/m0/s1. The minimum absolute atomic E-state index is 0.0133. The number of hydrogen-bond donors (Lipinski definition) is 1. The molecule has 1 aromatic heterocycles. The first-order chi connectivity index (χ1) is 18.5. The summed E-state index contributed by atoms with van der Waals surface area (Å²) in [5, 5.41) is 16.8. The molecule has 1 aromatic carbocycles. The topological polar surface area (TPSA) is 111 Å². The lowest BCUT2D eigenvalue weighted by Crippen LogP contribution is -2.56. The molecule has 3 amide bonds. The van der Waals surface area contributed by atoms with Crippen LogP contribution in [0.4, 0.5) is 19.0 Å². The summed E-state index contributed by atoms with van der Waals surface area (Å²) in [5.41, 5.74) is -0.479. The molecule has 9 nitrogen and oxygen atoms in total. The van der Waals surface area contributed by atoms with Gasteiger partial charge in [0.05, 0.1) is 17.7 Å². The zero-order valence-corrected chi connectivity index (χ0v) is 21.8. The van der Waals surface area contributed by atoms with Crippen molar-refractivity contribution in [2.75, 3.05) is 18.5 Å². The van der Waals surface area contributed by atoms with Crippen molar-refractivity contribution in [3.8, 4) is 6.07 Å². The summed E-state index contributed by atoms with van der Waals surface area (Å²) in [6.45, 7) is 3.62. The fourth-order valence-corrected chi connectivity index (χ4v) is 5.25. The molecule has 12 heteroatoms. The number of nitrogens with one attached hydrogen (secondary N) is 1. The number of fused-ring (bicyclic) bond motifs is 1. The number of hydrogen-bond acceptors (Lipinski definition) is 5. The predicted molar refractivity (Wildman–Crippen MR) is 134 cm³/mol. The highest BCUT2D eigenvalue weighted by Gasteiger charge is 2.52.